The summed E-state index contributed by atoms with van der Waals surface area (Å²) in [5.41, 5.74) is 5.51. The van der Waals surface area contributed by atoms with Gasteiger partial charge < -0.3 is 4.57 Å². The lowest BCUT2D eigenvalue weighted by Crippen LogP contribution is -1.98. The van der Waals surface area contributed by atoms with Gasteiger partial charge in [-0.05, 0) is 25.5 Å². The zero-order valence-corrected chi connectivity index (χ0v) is 14.5. The van der Waals surface area contributed by atoms with Gasteiger partial charge in [0.15, 0.2) is 5.65 Å². The van der Waals surface area contributed by atoms with Crippen molar-refractivity contribution < 1.29 is 0 Å². The molecule has 0 aliphatic rings. The second-order valence-electron chi connectivity index (χ2n) is 5.81. The highest BCUT2D eigenvalue weighted by Gasteiger charge is 2.13. The lowest BCUT2D eigenvalue weighted by Gasteiger charge is -2.04. The Labute approximate surface area is 144 Å². The summed E-state index contributed by atoms with van der Waals surface area (Å²) >= 11 is 1.63. The molecule has 0 saturated heterocycles. The predicted molar refractivity (Wildman–Crippen MR) is 99.2 cm³/mol. The van der Waals surface area contributed by atoms with Gasteiger partial charge in [0.1, 0.15) is 5.52 Å². The maximum atomic E-state index is 4.77. The minimum Gasteiger partial charge on any atom is -0.324 e. The van der Waals surface area contributed by atoms with Crippen LogP contribution in [0, 0.1) is 6.92 Å². The number of fused-ring (bicyclic) bond motifs is 3. The lowest BCUT2D eigenvalue weighted by atomic mass is 10.2. The largest absolute Gasteiger partial charge is 0.324 e. The van der Waals surface area contributed by atoms with Crippen molar-refractivity contribution in [3.63, 3.8) is 0 Å². The molecule has 2 heterocycles. The fraction of sp³-hybridized carbons (Fsp3) is 0.211. The van der Waals surface area contributed by atoms with Crippen LogP contribution < -0.4 is 0 Å². The zero-order valence-electron chi connectivity index (χ0n) is 13.7. The number of aryl methyl sites for hydroxylation is 2. The summed E-state index contributed by atoms with van der Waals surface area (Å²) in [7, 11) is 0. The fourth-order valence-corrected chi connectivity index (χ4v) is 3.75. The Bertz CT molecular complexity index is 1020. The Balaban J connectivity index is 1.71. The molecule has 0 saturated carbocycles. The smallest absolute Gasteiger partial charge is 0.211 e. The highest BCUT2D eigenvalue weighted by Crippen LogP contribution is 2.27. The van der Waals surface area contributed by atoms with Crippen molar-refractivity contribution in [3.8, 4) is 0 Å². The monoisotopic (exact) mass is 334 g/mol. The van der Waals surface area contributed by atoms with E-state index in [2.05, 4.69) is 65.0 Å². The van der Waals surface area contributed by atoms with Crippen molar-refractivity contribution in [2.75, 3.05) is 0 Å². The summed E-state index contributed by atoms with van der Waals surface area (Å²) in [5.74, 6) is 0.848. The third-order valence-corrected chi connectivity index (χ3v) is 5.03. The van der Waals surface area contributed by atoms with Gasteiger partial charge >= 0.3 is 0 Å². The van der Waals surface area contributed by atoms with Crippen molar-refractivity contribution in [2.24, 2.45) is 0 Å². The molecule has 2 aromatic heterocycles. The van der Waals surface area contributed by atoms with Crippen molar-refractivity contribution in [1.82, 2.24) is 19.7 Å². The van der Waals surface area contributed by atoms with E-state index in [4.69, 9.17) is 4.98 Å². The van der Waals surface area contributed by atoms with E-state index in [1.54, 1.807) is 11.8 Å². The molecule has 0 atom stereocenters. The fourth-order valence-electron chi connectivity index (χ4n) is 3.02. The number of nitrogens with zero attached hydrogens (tertiary/aromatic N) is 4. The van der Waals surface area contributed by atoms with Crippen LogP contribution >= 0.6 is 11.8 Å². The van der Waals surface area contributed by atoms with E-state index in [1.165, 1.54) is 11.1 Å². The van der Waals surface area contributed by atoms with Crippen LogP contribution in [-0.2, 0) is 12.3 Å². The molecule has 120 valence electrons. The van der Waals surface area contributed by atoms with Crippen LogP contribution in [0.15, 0.2) is 53.7 Å². The summed E-state index contributed by atoms with van der Waals surface area (Å²) in [5, 5.41) is 10.6. The van der Waals surface area contributed by atoms with Crippen molar-refractivity contribution >= 4 is 33.8 Å². The number of rotatable bonds is 4. The van der Waals surface area contributed by atoms with Crippen LogP contribution in [0.25, 0.3) is 22.1 Å². The summed E-state index contributed by atoms with van der Waals surface area (Å²) < 4.78 is 2.20. The Morgan fingerprint density at radius 1 is 1.04 bits per heavy atom. The average molecular weight is 334 g/mol. The van der Waals surface area contributed by atoms with Gasteiger partial charge in [0, 0.05) is 17.7 Å². The van der Waals surface area contributed by atoms with Gasteiger partial charge in [0.25, 0.3) is 0 Å². The van der Waals surface area contributed by atoms with E-state index in [0.717, 1.165) is 39.5 Å². The molecular formula is C19H18N4S. The molecule has 0 aliphatic heterocycles. The molecule has 4 aromatic rings. The molecule has 0 amide bonds. The summed E-state index contributed by atoms with van der Waals surface area (Å²) in [4.78, 5) is 4.77. The van der Waals surface area contributed by atoms with Crippen LogP contribution in [-0.4, -0.2) is 19.7 Å². The van der Waals surface area contributed by atoms with Gasteiger partial charge in [-0.2, -0.15) is 0 Å². The standard InChI is InChI=1S/C19H18N4S/c1-3-23-16-10-5-4-9-15(16)17-18(23)20-19(22-21-17)24-12-14-8-6-7-13(2)11-14/h4-11H,3,12H2,1-2H3. The van der Waals surface area contributed by atoms with Gasteiger partial charge in [-0.25, -0.2) is 4.98 Å². The van der Waals surface area contributed by atoms with Crippen LogP contribution in [0.3, 0.4) is 0 Å². The highest BCUT2D eigenvalue weighted by atomic mass is 32.2. The van der Waals surface area contributed by atoms with Crippen LogP contribution in [0.2, 0.25) is 0 Å². The minimum atomic E-state index is 0.724. The number of hydrogen-bond acceptors (Lipinski definition) is 4. The first-order valence-corrected chi connectivity index (χ1v) is 9.05. The molecule has 2 aromatic carbocycles. The number of para-hydroxylation sites is 1. The minimum absolute atomic E-state index is 0.724. The van der Waals surface area contributed by atoms with E-state index in [1.807, 2.05) is 12.1 Å². The van der Waals surface area contributed by atoms with Crippen molar-refractivity contribution in [1.29, 1.82) is 0 Å². The van der Waals surface area contributed by atoms with Crippen molar-refractivity contribution in [2.45, 2.75) is 31.3 Å². The Kier molecular flexibility index (Phi) is 3.94. The van der Waals surface area contributed by atoms with Crippen molar-refractivity contribution in [3.05, 3.63) is 59.7 Å². The molecule has 0 unspecified atom stereocenters. The van der Waals surface area contributed by atoms with E-state index >= 15 is 0 Å². The van der Waals surface area contributed by atoms with Gasteiger partial charge in [0.2, 0.25) is 5.16 Å². The molecule has 4 nitrogen and oxygen atoms in total. The van der Waals surface area contributed by atoms with Gasteiger partial charge in [0.05, 0.1) is 5.52 Å². The maximum Gasteiger partial charge on any atom is 0.211 e. The molecule has 0 N–H and O–H groups in total. The molecule has 0 fully saturated rings. The van der Waals surface area contributed by atoms with Crippen LogP contribution in [0.5, 0.6) is 0 Å². The first kappa shape index (κ1) is 15.1. The number of thioether (sulfide) groups is 1. The second-order valence-corrected chi connectivity index (χ2v) is 6.75. The highest BCUT2D eigenvalue weighted by molar-refractivity contribution is 7.98. The van der Waals surface area contributed by atoms with Gasteiger partial charge in [-0.15, -0.1) is 10.2 Å². The Morgan fingerprint density at radius 3 is 2.75 bits per heavy atom. The summed E-state index contributed by atoms with van der Waals surface area (Å²) in [6.07, 6.45) is 0. The maximum absolute atomic E-state index is 4.77. The molecule has 0 radical (unpaired) electrons. The molecule has 5 heteroatoms. The van der Waals surface area contributed by atoms with E-state index in [-0.39, 0.29) is 0 Å². The van der Waals surface area contributed by atoms with Crippen LogP contribution in [0.4, 0.5) is 0 Å². The van der Waals surface area contributed by atoms with E-state index in [0.29, 0.717) is 0 Å². The quantitative estimate of drug-likeness (QED) is 0.512. The number of benzene rings is 2. The van der Waals surface area contributed by atoms with Crippen LogP contribution in [0.1, 0.15) is 18.1 Å². The lowest BCUT2D eigenvalue weighted by molar-refractivity contribution is 0.789. The molecule has 0 aliphatic carbocycles. The van der Waals surface area contributed by atoms with Gasteiger partial charge in [-0.1, -0.05) is 59.8 Å². The normalized spacial score (nSPS) is 11.4. The average Bonchev–Trinajstić information content (AvgIpc) is 2.93. The number of hydrogen-bond donors (Lipinski definition) is 0. The predicted octanol–water partition coefficient (Wildman–Crippen LogP) is 4.60. The molecular weight excluding hydrogens is 316 g/mol. The molecule has 24 heavy (non-hydrogen) atoms. The van der Waals surface area contributed by atoms with Gasteiger partial charge in [-0.3, -0.25) is 0 Å². The molecule has 4 rings (SSSR count). The first-order valence-electron chi connectivity index (χ1n) is 8.06. The Hall–Kier alpha value is -2.40. The van der Waals surface area contributed by atoms with E-state index in [9.17, 15) is 0 Å². The topological polar surface area (TPSA) is 43.6 Å². The third-order valence-electron chi connectivity index (χ3n) is 4.12. The Morgan fingerprint density at radius 2 is 1.92 bits per heavy atom. The first-order chi connectivity index (χ1) is 11.8. The SMILES string of the molecule is CCn1c2ccccc2c2nnc(SCc3cccc(C)c3)nc21. The molecule has 0 bridgehead atoms. The summed E-state index contributed by atoms with van der Waals surface area (Å²) in [6, 6.07) is 16.8. The zero-order chi connectivity index (χ0) is 16.5. The summed E-state index contributed by atoms with van der Waals surface area (Å²) in [6.45, 7) is 5.11. The second kappa shape index (κ2) is 6.24. The third kappa shape index (κ3) is 2.65. The number of aromatic nitrogens is 4. The molecule has 0 spiro atoms. The van der Waals surface area contributed by atoms with E-state index < -0.39 is 0 Å².